The van der Waals surface area contributed by atoms with Gasteiger partial charge in [-0.15, -0.1) is 0 Å². The Balaban J connectivity index is 1.49. The molecule has 11 heteroatoms. The lowest BCUT2D eigenvalue weighted by Crippen LogP contribution is -2.43. The monoisotopic (exact) mass is 420 g/mol. The molecule has 2 aliphatic heterocycles. The second-order valence-electron chi connectivity index (χ2n) is 7.37. The summed E-state index contributed by atoms with van der Waals surface area (Å²) in [4.78, 5) is 12.6. The Morgan fingerprint density at radius 2 is 1.86 bits per heavy atom. The summed E-state index contributed by atoms with van der Waals surface area (Å²) in [5.41, 5.74) is 0.820. The zero-order valence-electron chi connectivity index (χ0n) is 16.0. The zero-order valence-corrected chi connectivity index (χ0v) is 16.8. The average Bonchev–Trinajstić information content (AvgIpc) is 3.25. The second kappa shape index (κ2) is 8.09. The van der Waals surface area contributed by atoms with Gasteiger partial charge in [-0.3, -0.25) is 15.2 Å². The number of H-pyrrole nitrogens is 1. The van der Waals surface area contributed by atoms with Crippen molar-refractivity contribution >= 4 is 21.5 Å². The van der Waals surface area contributed by atoms with E-state index in [4.69, 9.17) is 0 Å². The van der Waals surface area contributed by atoms with Crippen LogP contribution in [-0.2, 0) is 10.0 Å². The lowest BCUT2D eigenvalue weighted by Gasteiger charge is -2.31. The smallest absolute Gasteiger partial charge is 0.269 e. The first-order chi connectivity index (χ1) is 13.9. The fraction of sp³-hybridized carbons (Fsp3) is 0.500. The molecule has 2 aliphatic rings. The molecule has 0 bridgehead atoms. The minimum absolute atomic E-state index is 0.0424. The molecule has 2 fully saturated rings. The number of nitrogens with zero attached hydrogens (tertiary/aromatic N) is 4. The lowest BCUT2D eigenvalue weighted by molar-refractivity contribution is -0.384. The molecular weight excluding hydrogens is 396 g/mol. The van der Waals surface area contributed by atoms with Gasteiger partial charge in [-0.1, -0.05) is 0 Å². The highest BCUT2D eigenvalue weighted by Crippen LogP contribution is 2.31. The SMILES string of the molecule is O=[N+]([O-])c1ccc(S(=O)(=O)N2CCCC(c3cc(N4CCNCC4)n[nH]3)C2)cc1. The number of benzene rings is 1. The van der Waals surface area contributed by atoms with Crippen LogP contribution in [0.5, 0.6) is 0 Å². The molecule has 2 aromatic rings. The third-order valence-corrected chi connectivity index (χ3v) is 7.41. The number of nitrogens with one attached hydrogen (secondary N) is 2. The van der Waals surface area contributed by atoms with Gasteiger partial charge in [0, 0.05) is 69.1 Å². The van der Waals surface area contributed by atoms with E-state index in [1.165, 1.54) is 28.6 Å². The largest absolute Gasteiger partial charge is 0.353 e. The molecule has 1 atom stereocenters. The standard InChI is InChI=1S/C18H24N6O4S/c25-24(26)15-3-5-16(6-4-15)29(27,28)23-9-1-2-14(13-23)17-12-18(21-20-17)22-10-7-19-8-11-22/h3-6,12,14,19H,1-2,7-11,13H2,(H,20,21). The predicted molar refractivity (Wildman–Crippen MR) is 108 cm³/mol. The molecule has 0 spiro atoms. The van der Waals surface area contributed by atoms with Gasteiger partial charge in [0.15, 0.2) is 5.82 Å². The van der Waals surface area contributed by atoms with Crippen molar-refractivity contribution in [3.8, 4) is 0 Å². The predicted octanol–water partition coefficient (Wildman–Crippen LogP) is 1.30. The fourth-order valence-corrected chi connectivity index (χ4v) is 5.42. The van der Waals surface area contributed by atoms with E-state index in [1.54, 1.807) is 0 Å². The number of nitro benzene ring substituents is 1. The Morgan fingerprint density at radius 1 is 1.14 bits per heavy atom. The molecule has 1 aromatic heterocycles. The molecule has 1 unspecified atom stereocenters. The van der Waals surface area contributed by atoms with Crippen molar-refractivity contribution in [2.75, 3.05) is 44.2 Å². The number of non-ortho nitro benzene ring substituents is 1. The first-order valence-corrected chi connectivity index (χ1v) is 11.1. The topological polar surface area (TPSA) is 124 Å². The van der Waals surface area contributed by atoms with E-state index in [0.717, 1.165) is 50.5 Å². The third kappa shape index (κ3) is 4.11. The quantitative estimate of drug-likeness (QED) is 0.552. The lowest BCUT2D eigenvalue weighted by atomic mass is 9.96. The Morgan fingerprint density at radius 3 is 2.55 bits per heavy atom. The number of rotatable bonds is 5. The maximum absolute atomic E-state index is 13.0. The molecule has 156 valence electrons. The third-order valence-electron chi connectivity index (χ3n) is 5.53. The Labute approximate surface area is 169 Å². The maximum Gasteiger partial charge on any atom is 0.269 e. The summed E-state index contributed by atoms with van der Waals surface area (Å²) < 4.78 is 27.5. The normalized spacial score (nSPS) is 21.2. The first-order valence-electron chi connectivity index (χ1n) is 9.71. The van der Waals surface area contributed by atoms with Crippen LogP contribution >= 0.6 is 0 Å². The number of aromatic amines is 1. The van der Waals surface area contributed by atoms with Crippen LogP contribution in [0.3, 0.4) is 0 Å². The fourth-order valence-electron chi connectivity index (χ4n) is 3.89. The van der Waals surface area contributed by atoms with Gasteiger partial charge < -0.3 is 10.2 Å². The van der Waals surface area contributed by atoms with Crippen molar-refractivity contribution in [1.82, 2.24) is 19.8 Å². The second-order valence-corrected chi connectivity index (χ2v) is 9.31. The molecule has 0 amide bonds. The minimum atomic E-state index is -3.70. The Hall–Kier alpha value is -2.50. The van der Waals surface area contributed by atoms with Crippen molar-refractivity contribution in [3.05, 3.63) is 46.1 Å². The van der Waals surface area contributed by atoms with Crippen LogP contribution in [0.4, 0.5) is 11.5 Å². The Kier molecular flexibility index (Phi) is 5.52. The van der Waals surface area contributed by atoms with Crippen molar-refractivity contribution in [2.24, 2.45) is 0 Å². The summed E-state index contributed by atoms with van der Waals surface area (Å²) in [7, 11) is -3.70. The summed E-state index contributed by atoms with van der Waals surface area (Å²) in [5.74, 6) is 0.942. The van der Waals surface area contributed by atoms with E-state index in [0.29, 0.717) is 13.1 Å². The van der Waals surface area contributed by atoms with Crippen LogP contribution in [0.1, 0.15) is 24.5 Å². The number of sulfonamides is 1. The molecule has 1 aromatic carbocycles. The van der Waals surface area contributed by atoms with Crippen molar-refractivity contribution in [3.63, 3.8) is 0 Å². The highest BCUT2D eigenvalue weighted by Gasteiger charge is 2.32. The van der Waals surface area contributed by atoms with Crippen LogP contribution in [0, 0.1) is 10.1 Å². The number of nitro groups is 1. The molecule has 2 saturated heterocycles. The van der Waals surface area contributed by atoms with Gasteiger partial charge in [-0.05, 0) is 25.0 Å². The van der Waals surface area contributed by atoms with Gasteiger partial charge in [0.1, 0.15) is 0 Å². The van der Waals surface area contributed by atoms with Crippen molar-refractivity contribution < 1.29 is 13.3 Å². The molecule has 0 aliphatic carbocycles. The number of piperazine rings is 1. The summed E-state index contributed by atoms with van der Waals surface area (Å²) in [6, 6.07) is 7.08. The number of anilines is 1. The number of aromatic nitrogens is 2. The summed E-state index contributed by atoms with van der Waals surface area (Å²) in [5, 5.41) is 21.6. The summed E-state index contributed by atoms with van der Waals surface area (Å²) >= 11 is 0. The van der Waals surface area contributed by atoms with Gasteiger partial charge in [-0.25, -0.2) is 8.42 Å². The first kappa shape index (κ1) is 19.8. The van der Waals surface area contributed by atoms with Gasteiger partial charge in [0.2, 0.25) is 10.0 Å². The summed E-state index contributed by atoms with van der Waals surface area (Å²) in [6.45, 7) is 4.45. The van der Waals surface area contributed by atoms with E-state index < -0.39 is 14.9 Å². The van der Waals surface area contributed by atoms with Gasteiger partial charge in [-0.2, -0.15) is 9.40 Å². The van der Waals surface area contributed by atoms with Gasteiger partial charge >= 0.3 is 0 Å². The van der Waals surface area contributed by atoms with Gasteiger partial charge in [0.25, 0.3) is 5.69 Å². The molecule has 10 nitrogen and oxygen atoms in total. The van der Waals surface area contributed by atoms with E-state index in [2.05, 4.69) is 20.4 Å². The Bertz CT molecular complexity index is 968. The van der Waals surface area contributed by atoms with Crippen molar-refractivity contribution in [1.29, 1.82) is 0 Å². The van der Waals surface area contributed by atoms with Crippen LogP contribution in [0.2, 0.25) is 0 Å². The van der Waals surface area contributed by atoms with Crippen LogP contribution in [-0.4, -0.2) is 67.1 Å². The molecule has 0 radical (unpaired) electrons. The summed E-state index contributed by atoms with van der Waals surface area (Å²) in [6.07, 6.45) is 1.63. The van der Waals surface area contributed by atoms with Crippen LogP contribution in [0.25, 0.3) is 0 Å². The van der Waals surface area contributed by atoms with Crippen LogP contribution < -0.4 is 10.2 Å². The molecular formula is C18H24N6O4S. The molecule has 0 saturated carbocycles. The maximum atomic E-state index is 13.0. The van der Waals surface area contributed by atoms with Crippen molar-refractivity contribution in [2.45, 2.75) is 23.7 Å². The van der Waals surface area contributed by atoms with E-state index in [-0.39, 0.29) is 16.5 Å². The van der Waals surface area contributed by atoms with E-state index in [1.807, 2.05) is 6.07 Å². The number of piperidine rings is 1. The number of hydrogen-bond donors (Lipinski definition) is 2. The molecule has 29 heavy (non-hydrogen) atoms. The minimum Gasteiger partial charge on any atom is -0.353 e. The average molecular weight is 420 g/mol. The van der Waals surface area contributed by atoms with E-state index in [9.17, 15) is 18.5 Å². The zero-order chi connectivity index (χ0) is 20.4. The van der Waals surface area contributed by atoms with Crippen LogP contribution in [0.15, 0.2) is 35.2 Å². The molecule has 2 N–H and O–H groups in total. The molecule has 4 rings (SSSR count). The highest BCUT2D eigenvalue weighted by molar-refractivity contribution is 7.89. The number of hydrogen-bond acceptors (Lipinski definition) is 7. The highest BCUT2D eigenvalue weighted by atomic mass is 32.2. The van der Waals surface area contributed by atoms with E-state index >= 15 is 0 Å². The molecule has 3 heterocycles. The van der Waals surface area contributed by atoms with Gasteiger partial charge in [0.05, 0.1) is 9.82 Å².